The summed E-state index contributed by atoms with van der Waals surface area (Å²) >= 11 is 0. The van der Waals surface area contributed by atoms with Gasteiger partial charge in [-0.3, -0.25) is 4.79 Å². The zero-order valence-corrected chi connectivity index (χ0v) is 21.0. The summed E-state index contributed by atoms with van der Waals surface area (Å²) in [5.74, 6) is 1.14. The fourth-order valence-electron chi connectivity index (χ4n) is 3.47. The number of carbonyl (C=O) groups excluding carboxylic acids is 1. The Labute approximate surface area is 207 Å². The average Bonchev–Trinajstić information content (AvgIpc) is 2.87. The third-order valence-corrected chi connectivity index (χ3v) is 5.62. The highest BCUT2D eigenvalue weighted by molar-refractivity contribution is 6.06. The Kier molecular flexibility index (Phi) is 8.75. The number of anilines is 3. The van der Waals surface area contributed by atoms with E-state index >= 15 is 0 Å². The van der Waals surface area contributed by atoms with Crippen LogP contribution < -0.4 is 25.8 Å². The SMILES string of the molecule is COc1ccc(NCc2ccc(C(=O)Nc3cc(/C(C)=C/CN(C)C)ccc3N)cc2)cc1OC. The lowest BCUT2D eigenvalue weighted by Crippen LogP contribution is -2.13. The Morgan fingerprint density at radius 1 is 0.943 bits per heavy atom. The van der Waals surface area contributed by atoms with Crippen molar-refractivity contribution in [1.82, 2.24) is 4.90 Å². The minimum absolute atomic E-state index is 0.205. The molecule has 0 unspecified atom stereocenters. The maximum Gasteiger partial charge on any atom is 0.255 e. The summed E-state index contributed by atoms with van der Waals surface area (Å²) in [6.07, 6.45) is 2.14. The normalized spacial score (nSPS) is 11.3. The number of nitrogens with one attached hydrogen (secondary N) is 2. The molecule has 1 amide bonds. The number of nitrogen functional groups attached to an aromatic ring is 1. The Morgan fingerprint density at radius 2 is 1.63 bits per heavy atom. The lowest BCUT2D eigenvalue weighted by atomic mass is 10.0. The van der Waals surface area contributed by atoms with Gasteiger partial charge in [-0.25, -0.2) is 0 Å². The van der Waals surface area contributed by atoms with Crippen molar-refractivity contribution in [2.45, 2.75) is 13.5 Å². The molecule has 0 aromatic heterocycles. The van der Waals surface area contributed by atoms with Gasteiger partial charge in [0.25, 0.3) is 5.91 Å². The molecule has 0 aliphatic rings. The molecule has 0 bridgehead atoms. The molecule has 0 fully saturated rings. The second-order valence-electron chi connectivity index (χ2n) is 8.53. The van der Waals surface area contributed by atoms with Gasteiger partial charge in [0.05, 0.1) is 25.6 Å². The zero-order chi connectivity index (χ0) is 25.4. The predicted molar refractivity (Wildman–Crippen MR) is 144 cm³/mol. The predicted octanol–water partition coefficient (Wildman–Crippen LogP) is 5.12. The van der Waals surface area contributed by atoms with E-state index in [0.29, 0.717) is 35.0 Å². The molecule has 0 spiro atoms. The number of methoxy groups -OCH3 is 2. The van der Waals surface area contributed by atoms with E-state index in [9.17, 15) is 4.79 Å². The van der Waals surface area contributed by atoms with Crippen LogP contribution in [0.4, 0.5) is 17.1 Å². The monoisotopic (exact) mass is 474 g/mol. The summed E-state index contributed by atoms with van der Waals surface area (Å²) in [5, 5.41) is 6.30. The first-order valence-corrected chi connectivity index (χ1v) is 11.4. The standard InChI is InChI=1S/C28H34N4O3/c1-19(14-15-32(2)3)22-10-12-24(29)25(16-22)31-28(33)21-8-6-20(7-9-21)18-30-23-11-13-26(34-4)27(17-23)35-5/h6-14,16-17,30H,15,18,29H2,1-5H3,(H,31,33)/b19-14+. The van der Waals surface area contributed by atoms with E-state index in [0.717, 1.165) is 28.9 Å². The summed E-state index contributed by atoms with van der Waals surface area (Å²) in [6, 6.07) is 18.8. The van der Waals surface area contributed by atoms with Crippen molar-refractivity contribution in [2.75, 3.05) is 51.2 Å². The van der Waals surface area contributed by atoms with Crippen LogP contribution in [0.15, 0.2) is 66.7 Å². The largest absolute Gasteiger partial charge is 0.493 e. The van der Waals surface area contributed by atoms with Crippen LogP contribution in [-0.2, 0) is 6.54 Å². The molecular formula is C28H34N4O3. The third-order valence-electron chi connectivity index (χ3n) is 5.62. The van der Waals surface area contributed by atoms with E-state index < -0.39 is 0 Å². The van der Waals surface area contributed by atoms with Crippen LogP contribution in [-0.4, -0.2) is 45.7 Å². The highest BCUT2D eigenvalue weighted by Gasteiger charge is 2.10. The van der Waals surface area contributed by atoms with Crippen molar-refractivity contribution in [3.63, 3.8) is 0 Å². The number of amides is 1. The molecule has 0 saturated heterocycles. The molecule has 35 heavy (non-hydrogen) atoms. The van der Waals surface area contributed by atoms with E-state index in [1.807, 2.05) is 74.8 Å². The molecule has 4 N–H and O–H groups in total. The van der Waals surface area contributed by atoms with Gasteiger partial charge in [0.2, 0.25) is 0 Å². The molecule has 3 rings (SSSR count). The Bertz CT molecular complexity index is 1190. The maximum atomic E-state index is 12.9. The third kappa shape index (κ3) is 7.01. The smallest absolute Gasteiger partial charge is 0.255 e. The number of rotatable bonds is 10. The number of carbonyl (C=O) groups is 1. The first-order chi connectivity index (χ1) is 16.8. The number of nitrogens with two attached hydrogens (primary N) is 1. The van der Waals surface area contributed by atoms with E-state index in [4.69, 9.17) is 15.2 Å². The fourth-order valence-corrected chi connectivity index (χ4v) is 3.47. The van der Waals surface area contributed by atoms with E-state index in [-0.39, 0.29) is 5.91 Å². The molecule has 7 nitrogen and oxygen atoms in total. The zero-order valence-electron chi connectivity index (χ0n) is 21.0. The van der Waals surface area contributed by atoms with E-state index in [1.54, 1.807) is 14.2 Å². The number of nitrogens with zero attached hydrogens (tertiary/aromatic N) is 1. The molecule has 184 valence electrons. The number of allylic oxidation sites excluding steroid dienone is 1. The van der Waals surface area contributed by atoms with Gasteiger partial charge in [-0.15, -0.1) is 0 Å². The number of ether oxygens (including phenoxy) is 2. The molecule has 0 saturated carbocycles. The number of hydrogen-bond acceptors (Lipinski definition) is 6. The van der Waals surface area contributed by atoms with Crippen molar-refractivity contribution >= 4 is 28.5 Å². The molecule has 3 aromatic rings. The second kappa shape index (κ2) is 11.9. The van der Waals surface area contributed by atoms with Gasteiger partial charge in [0.1, 0.15) is 0 Å². The maximum absolute atomic E-state index is 12.9. The van der Waals surface area contributed by atoms with Gasteiger partial charge in [0.15, 0.2) is 11.5 Å². The molecule has 0 atom stereocenters. The molecular weight excluding hydrogens is 440 g/mol. The van der Waals surface area contributed by atoms with Crippen molar-refractivity contribution in [3.05, 3.63) is 83.4 Å². The Morgan fingerprint density at radius 3 is 2.29 bits per heavy atom. The highest BCUT2D eigenvalue weighted by atomic mass is 16.5. The Hall–Kier alpha value is -3.97. The summed E-state index contributed by atoms with van der Waals surface area (Å²) in [5.41, 5.74) is 11.9. The lowest BCUT2D eigenvalue weighted by molar-refractivity contribution is 0.102. The van der Waals surface area contributed by atoms with Gasteiger partial charge < -0.3 is 30.7 Å². The first-order valence-electron chi connectivity index (χ1n) is 11.4. The minimum Gasteiger partial charge on any atom is -0.493 e. The summed E-state index contributed by atoms with van der Waals surface area (Å²) < 4.78 is 10.6. The number of benzene rings is 3. The topological polar surface area (TPSA) is 88.9 Å². The Balaban J connectivity index is 1.64. The van der Waals surface area contributed by atoms with Crippen LogP contribution in [0.3, 0.4) is 0 Å². The van der Waals surface area contributed by atoms with Crippen molar-refractivity contribution in [1.29, 1.82) is 0 Å². The van der Waals surface area contributed by atoms with Crippen LogP contribution in [0.2, 0.25) is 0 Å². The molecule has 3 aromatic carbocycles. The van der Waals surface area contributed by atoms with E-state index in [2.05, 4.69) is 28.5 Å². The lowest BCUT2D eigenvalue weighted by Gasteiger charge is -2.13. The van der Waals surface area contributed by atoms with Crippen LogP contribution in [0.25, 0.3) is 5.57 Å². The van der Waals surface area contributed by atoms with Gasteiger partial charge in [0, 0.05) is 30.4 Å². The van der Waals surface area contributed by atoms with Crippen molar-refractivity contribution < 1.29 is 14.3 Å². The average molecular weight is 475 g/mol. The van der Waals surface area contributed by atoms with Gasteiger partial charge in [-0.2, -0.15) is 0 Å². The fraction of sp³-hybridized carbons (Fsp3) is 0.250. The molecule has 0 heterocycles. The van der Waals surface area contributed by atoms with Crippen molar-refractivity contribution in [3.8, 4) is 11.5 Å². The van der Waals surface area contributed by atoms with Crippen LogP contribution in [0.1, 0.15) is 28.4 Å². The van der Waals surface area contributed by atoms with E-state index in [1.165, 1.54) is 0 Å². The van der Waals surface area contributed by atoms with Crippen LogP contribution in [0.5, 0.6) is 11.5 Å². The highest BCUT2D eigenvalue weighted by Crippen LogP contribution is 2.30. The van der Waals surface area contributed by atoms with Gasteiger partial charge in [-0.05, 0) is 74.1 Å². The molecule has 7 heteroatoms. The number of hydrogen-bond donors (Lipinski definition) is 3. The van der Waals surface area contributed by atoms with Crippen LogP contribution in [0, 0.1) is 0 Å². The second-order valence-corrected chi connectivity index (χ2v) is 8.53. The van der Waals surface area contributed by atoms with Crippen molar-refractivity contribution in [2.24, 2.45) is 0 Å². The van der Waals surface area contributed by atoms with Crippen LogP contribution >= 0.6 is 0 Å². The summed E-state index contributed by atoms with van der Waals surface area (Å²) in [6.45, 7) is 3.49. The molecule has 0 aliphatic heterocycles. The van der Waals surface area contributed by atoms with Gasteiger partial charge >= 0.3 is 0 Å². The number of likely N-dealkylation sites (N-methyl/N-ethyl adjacent to an activating group) is 1. The quantitative estimate of drug-likeness (QED) is 0.354. The minimum atomic E-state index is -0.205. The summed E-state index contributed by atoms with van der Waals surface area (Å²) in [4.78, 5) is 14.9. The first kappa shape index (κ1) is 25.6. The molecule has 0 radical (unpaired) electrons. The summed E-state index contributed by atoms with van der Waals surface area (Å²) in [7, 11) is 7.27. The molecule has 0 aliphatic carbocycles. The van der Waals surface area contributed by atoms with Gasteiger partial charge in [-0.1, -0.05) is 24.3 Å².